The lowest BCUT2D eigenvalue weighted by atomic mass is 10.0. The fourth-order valence-electron chi connectivity index (χ4n) is 3.35. The van der Waals surface area contributed by atoms with Gasteiger partial charge in [0.15, 0.2) is 0 Å². The van der Waals surface area contributed by atoms with Crippen LogP contribution in [0.15, 0.2) is 29.6 Å². The first-order valence-electron chi connectivity index (χ1n) is 8.74. The molecule has 2 amide bonds. The summed E-state index contributed by atoms with van der Waals surface area (Å²) in [7, 11) is 1.64. The minimum atomic E-state index is 0.0585. The summed E-state index contributed by atoms with van der Waals surface area (Å²) in [5, 5.41) is 1.91. The van der Waals surface area contributed by atoms with Gasteiger partial charge >= 0.3 is 0 Å². The number of methoxy groups -OCH3 is 1. The number of nitrogens with zero attached hydrogens (tertiary/aromatic N) is 2. The number of rotatable bonds is 4. The van der Waals surface area contributed by atoms with Gasteiger partial charge in [-0.05, 0) is 42.5 Å². The predicted octanol–water partition coefficient (Wildman–Crippen LogP) is 2.90. The molecule has 0 unspecified atom stereocenters. The van der Waals surface area contributed by atoms with E-state index in [1.165, 1.54) is 11.3 Å². The molecule has 6 heteroatoms. The van der Waals surface area contributed by atoms with Gasteiger partial charge in [0.05, 0.1) is 18.4 Å². The molecule has 1 aliphatic rings. The smallest absolute Gasteiger partial charge is 0.264 e. The van der Waals surface area contributed by atoms with Gasteiger partial charge in [-0.15, -0.1) is 11.3 Å². The summed E-state index contributed by atoms with van der Waals surface area (Å²) < 4.78 is 5.46. The Kier molecular flexibility index (Phi) is 5.61. The zero-order valence-electron chi connectivity index (χ0n) is 15.4. The van der Waals surface area contributed by atoms with Crippen molar-refractivity contribution in [2.24, 2.45) is 0 Å². The number of thiophene rings is 1. The SMILES string of the molecule is COc1cc(C)cc(C)c1CC(=O)N1CCN(C(=O)c2cccs2)CC1. The molecule has 5 nitrogen and oxygen atoms in total. The Hall–Kier alpha value is -2.34. The highest BCUT2D eigenvalue weighted by Gasteiger charge is 2.26. The second kappa shape index (κ2) is 7.91. The van der Waals surface area contributed by atoms with Crippen LogP contribution < -0.4 is 4.74 Å². The van der Waals surface area contributed by atoms with E-state index in [0.717, 1.165) is 27.3 Å². The number of benzene rings is 1. The van der Waals surface area contributed by atoms with Crippen LogP contribution in [0.5, 0.6) is 5.75 Å². The molecule has 0 radical (unpaired) electrons. The van der Waals surface area contributed by atoms with Crippen LogP contribution in [0, 0.1) is 13.8 Å². The highest BCUT2D eigenvalue weighted by molar-refractivity contribution is 7.12. The van der Waals surface area contributed by atoms with Gasteiger partial charge in [0.2, 0.25) is 5.91 Å². The van der Waals surface area contributed by atoms with Crippen molar-refractivity contribution in [2.75, 3.05) is 33.3 Å². The first kappa shape index (κ1) is 18.5. The van der Waals surface area contributed by atoms with Crippen LogP contribution in [-0.4, -0.2) is 54.9 Å². The van der Waals surface area contributed by atoms with Gasteiger partial charge in [-0.1, -0.05) is 12.1 Å². The molecule has 0 saturated carbocycles. The van der Waals surface area contributed by atoms with E-state index in [-0.39, 0.29) is 11.8 Å². The largest absolute Gasteiger partial charge is 0.496 e. The number of piperazine rings is 1. The number of amides is 2. The molecule has 0 spiro atoms. The third kappa shape index (κ3) is 3.90. The van der Waals surface area contributed by atoms with E-state index < -0.39 is 0 Å². The quantitative estimate of drug-likeness (QED) is 0.829. The molecule has 3 rings (SSSR count). The second-order valence-corrected chi connectivity index (χ2v) is 7.54. The maximum Gasteiger partial charge on any atom is 0.264 e. The highest BCUT2D eigenvalue weighted by atomic mass is 32.1. The fourth-order valence-corrected chi connectivity index (χ4v) is 4.04. The Labute approximate surface area is 158 Å². The van der Waals surface area contributed by atoms with Crippen molar-refractivity contribution in [3.8, 4) is 5.75 Å². The van der Waals surface area contributed by atoms with Crippen LogP contribution in [0.4, 0.5) is 0 Å². The molecule has 0 atom stereocenters. The number of hydrogen-bond donors (Lipinski definition) is 0. The van der Waals surface area contributed by atoms with E-state index in [1.54, 1.807) is 7.11 Å². The van der Waals surface area contributed by atoms with Crippen molar-refractivity contribution in [3.05, 3.63) is 51.2 Å². The Bertz CT molecular complexity index is 794. The Balaban J connectivity index is 1.62. The molecule has 1 aromatic carbocycles. The van der Waals surface area contributed by atoms with E-state index in [1.807, 2.05) is 47.2 Å². The normalized spacial score (nSPS) is 14.4. The lowest BCUT2D eigenvalue weighted by Gasteiger charge is -2.34. The van der Waals surface area contributed by atoms with Crippen molar-refractivity contribution >= 4 is 23.2 Å². The minimum Gasteiger partial charge on any atom is -0.496 e. The topological polar surface area (TPSA) is 49.9 Å². The Morgan fingerprint density at radius 3 is 2.42 bits per heavy atom. The summed E-state index contributed by atoms with van der Waals surface area (Å²) >= 11 is 1.45. The first-order valence-corrected chi connectivity index (χ1v) is 9.62. The van der Waals surface area contributed by atoms with Gasteiger partial charge in [-0.2, -0.15) is 0 Å². The number of carbonyl (C=O) groups is 2. The predicted molar refractivity (Wildman–Crippen MR) is 103 cm³/mol. The molecular weight excluding hydrogens is 348 g/mol. The third-order valence-electron chi connectivity index (χ3n) is 4.78. The number of aryl methyl sites for hydroxylation is 2. The van der Waals surface area contributed by atoms with Crippen LogP contribution in [-0.2, 0) is 11.2 Å². The van der Waals surface area contributed by atoms with Crippen molar-refractivity contribution in [1.29, 1.82) is 0 Å². The lowest BCUT2D eigenvalue weighted by Crippen LogP contribution is -2.50. The van der Waals surface area contributed by atoms with E-state index in [4.69, 9.17) is 4.74 Å². The van der Waals surface area contributed by atoms with Crippen molar-refractivity contribution < 1.29 is 14.3 Å². The van der Waals surface area contributed by atoms with E-state index in [9.17, 15) is 9.59 Å². The van der Waals surface area contributed by atoms with Gasteiger partial charge in [0.1, 0.15) is 5.75 Å². The lowest BCUT2D eigenvalue weighted by molar-refractivity contribution is -0.131. The standard InChI is InChI=1S/C20H24N2O3S/c1-14-11-15(2)16(17(12-14)25-3)13-19(23)21-6-8-22(9-7-21)20(24)18-5-4-10-26-18/h4-5,10-12H,6-9,13H2,1-3H3. The molecule has 0 bridgehead atoms. The summed E-state index contributed by atoms with van der Waals surface area (Å²) in [5.41, 5.74) is 3.14. The Morgan fingerprint density at radius 1 is 1.12 bits per heavy atom. The molecular formula is C20H24N2O3S. The minimum absolute atomic E-state index is 0.0585. The van der Waals surface area contributed by atoms with E-state index in [0.29, 0.717) is 32.6 Å². The van der Waals surface area contributed by atoms with Crippen LogP contribution in [0.25, 0.3) is 0 Å². The molecule has 0 aliphatic carbocycles. The van der Waals surface area contributed by atoms with Gasteiger partial charge in [0, 0.05) is 31.7 Å². The van der Waals surface area contributed by atoms with Crippen LogP contribution in [0.3, 0.4) is 0 Å². The van der Waals surface area contributed by atoms with Crippen LogP contribution in [0.2, 0.25) is 0 Å². The average Bonchev–Trinajstić information content (AvgIpc) is 3.17. The van der Waals surface area contributed by atoms with Gasteiger partial charge in [-0.25, -0.2) is 0 Å². The fraction of sp³-hybridized carbons (Fsp3) is 0.400. The Morgan fingerprint density at radius 2 is 1.81 bits per heavy atom. The molecule has 0 N–H and O–H groups in total. The number of carbonyl (C=O) groups excluding carboxylic acids is 2. The van der Waals surface area contributed by atoms with E-state index in [2.05, 4.69) is 6.07 Å². The molecule has 1 saturated heterocycles. The summed E-state index contributed by atoms with van der Waals surface area (Å²) in [6, 6.07) is 7.77. The van der Waals surface area contributed by atoms with Crippen LogP contribution in [0.1, 0.15) is 26.4 Å². The van der Waals surface area contributed by atoms with Gasteiger partial charge in [0.25, 0.3) is 5.91 Å². The number of ether oxygens (including phenoxy) is 1. The molecule has 2 aromatic rings. The van der Waals surface area contributed by atoms with Gasteiger partial charge < -0.3 is 14.5 Å². The maximum absolute atomic E-state index is 12.7. The summed E-state index contributed by atoms with van der Waals surface area (Å²) in [6.45, 7) is 6.33. The van der Waals surface area contributed by atoms with E-state index >= 15 is 0 Å². The van der Waals surface area contributed by atoms with Crippen molar-refractivity contribution in [1.82, 2.24) is 9.80 Å². The number of hydrogen-bond acceptors (Lipinski definition) is 4. The maximum atomic E-state index is 12.7. The molecule has 1 fully saturated rings. The average molecular weight is 372 g/mol. The molecule has 1 aliphatic heterocycles. The first-order chi connectivity index (χ1) is 12.5. The molecule has 26 heavy (non-hydrogen) atoms. The third-order valence-corrected chi connectivity index (χ3v) is 5.63. The zero-order chi connectivity index (χ0) is 18.7. The summed E-state index contributed by atoms with van der Waals surface area (Å²) in [6.07, 6.45) is 0.328. The van der Waals surface area contributed by atoms with Gasteiger partial charge in [-0.3, -0.25) is 9.59 Å². The van der Waals surface area contributed by atoms with Crippen LogP contribution >= 0.6 is 11.3 Å². The second-order valence-electron chi connectivity index (χ2n) is 6.59. The molecule has 1 aromatic heterocycles. The summed E-state index contributed by atoms with van der Waals surface area (Å²) in [5.74, 6) is 0.906. The summed E-state index contributed by atoms with van der Waals surface area (Å²) in [4.78, 5) is 29.6. The molecule has 138 valence electrons. The zero-order valence-corrected chi connectivity index (χ0v) is 16.3. The monoisotopic (exact) mass is 372 g/mol. The molecule has 2 heterocycles. The van der Waals surface area contributed by atoms with Crippen molar-refractivity contribution in [2.45, 2.75) is 20.3 Å². The van der Waals surface area contributed by atoms with Crippen molar-refractivity contribution in [3.63, 3.8) is 0 Å². The highest BCUT2D eigenvalue weighted by Crippen LogP contribution is 2.25.